The Morgan fingerprint density at radius 3 is 2.54 bits per heavy atom. The van der Waals surface area contributed by atoms with Crippen LogP contribution in [0.15, 0.2) is 66.0 Å². The van der Waals surface area contributed by atoms with E-state index in [-0.39, 0.29) is 5.38 Å². The van der Waals surface area contributed by atoms with Gasteiger partial charge in [0, 0.05) is 10.7 Å². The van der Waals surface area contributed by atoms with Gasteiger partial charge < -0.3 is 5.32 Å². The predicted molar refractivity (Wildman–Crippen MR) is 117 cm³/mol. The van der Waals surface area contributed by atoms with Crippen molar-refractivity contribution in [1.82, 2.24) is 19.7 Å². The van der Waals surface area contributed by atoms with Gasteiger partial charge in [0.05, 0.1) is 23.5 Å². The predicted octanol–water partition coefficient (Wildman–Crippen LogP) is 5.93. The number of hydrogen-bond acceptors (Lipinski definition) is 5. The van der Waals surface area contributed by atoms with E-state index < -0.39 is 0 Å². The van der Waals surface area contributed by atoms with Gasteiger partial charge in [0.25, 0.3) is 0 Å². The van der Waals surface area contributed by atoms with Crippen LogP contribution in [-0.2, 0) is 6.54 Å². The molecular formula is C20H17Cl2N5S. The van der Waals surface area contributed by atoms with Crippen LogP contribution in [0.2, 0.25) is 5.02 Å². The number of benzene rings is 2. The second-order valence-electron chi connectivity index (χ2n) is 6.13. The van der Waals surface area contributed by atoms with Crippen molar-refractivity contribution in [2.75, 3.05) is 11.6 Å². The molecule has 4 aromatic rings. The monoisotopic (exact) mass is 429 g/mol. The second-order valence-corrected chi connectivity index (χ2v) is 7.87. The molecule has 0 aliphatic heterocycles. The summed E-state index contributed by atoms with van der Waals surface area (Å²) in [6.07, 6.45) is 3.72. The Hall–Kier alpha value is -2.28. The van der Waals surface area contributed by atoms with Gasteiger partial charge in [0.1, 0.15) is 5.82 Å². The summed E-state index contributed by atoms with van der Waals surface area (Å²) in [6.45, 7) is 0.514. The van der Waals surface area contributed by atoms with E-state index in [2.05, 4.69) is 20.4 Å². The molecular weight excluding hydrogens is 413 g/mol. The van der Waals surface area contributed by atoms with E-state index in [1.165, 1.54) is 11.8 Å². The minimum absolute atomic E-state index is 0.204. The zero-order valence-corrected chi connectivity index (χ0v) is 17.3. The maximum absolute atomic E-state index is 6.62. The van der Waals surface area contributed by atoms with Gasteiger partial charge in [0.2, 0.25) is 0 Å². The number of fused-ring (bicyclic) bond motifs is 1. The zero-order chi connectivity index (χ0) is 19.5. The Morgan fingerprint density at radius 1 is 1.07 bits per heavy atom. The van der Waals surface area contributed by atoms with Gasteiger partial charge in [-0.2, -0.15) is 5.10 Å². The Labute approximate surface area is 177 Å². The highest BCUT2D eigenvalue weighted by molar-refractivity contribution is 7.98. The number of thioether (sulfide) groups is 1. The van der Waals surface area contributed by atoms with Crippen molar-refractivity contribution in [2.45, 2.75) is 17.1 Å². The van der Waals surface area contributed by atoms with Crippen molar-refractivity contribution >= 4 is 57.5 Å². The van der Waals surface area contributed by atoms with Crippen LogP contribution in [0, 0.1) is 0 Å². The minimum Gasteiger partial charge on any atom is -0.339 e. The van der Waals surface area contributed by atoms with Crippen LogP contribution in [0.3, 0.4) is 0 Å². The van der Waals surface area contributed by atoms with Gasteiger partial charge >= 0.3 is 0 Å². The number of rotatable bonds is 6. The molecule has 0 fully saturated rings. The Morgan fingerprint density at radius 2 is 1.82 bits per heavy atom. The van der Waals surface area contributed by atoms with Crippen LogP contribution < -0.4 is 5.32 Å². The van der Waals surface area contributed by atoms with E-state index in [1.54, 1.807) is 6.20 Å². The van der Waals surface area contributed by atoms with Crippen LogP contribution in [0.1, 0.15) is 10.9 Å². The number of aromatic nitrogens is 4. The second kappa shape index (κ2) is 8.39. The molecule has 0 amide bonds. The highest BCUT2D eigenvalue weighted by Gasteiger charge is 2.16. The molecule has 0 radical (unpaired) electrons. The van der Waals surface area contributed by atoms with Gasteiger partial charge in [-0.15, -0.1) is 11.6 Å². The molecule has 0 saturated carbocycles. The molecule has 28 heavy (non-hydrogen) atoms. The quantitative estimate of drug-likeness (QED) is 0.234. The first-order valence-corrected chi connectivity index (χ1v) is 10.7. The first kappa shape index (κ1) is 19.1. The summed E-state index contributed by atoms with van der Waals surface area (Å²) in [5.74, 6) is 0.703. The molecule has 2 aromatic carbocycles. The topological polar surface area (TPSA) is 55.6 Å². The highest BCUT2D eigenvalue weighted by atomic mass is 35.5. The van der Waals surface area contributed by atoms with Gasteiger partial charge in [-0.1, -0.05) is 53.7 Å². The van der Waals surface area contributed by atoms with Crippen LogP contribution in [0.5, 0.6) is 0 Å². The lowest BCUT2D eigenvalue weighted by Gasteiger charge is -2.12. The van der Waals surface area contributed by atoms with E-state index in [0.29, 0.717) is 22.5 Å². The minimum atomic E-state index is -0.204. The van der Waals surface area contributed by atoms with E-state index in [9.17, 15) is 0 Å². The highest BCUT2D eigenvalue weighted by Crippen LogP contribution is 2.29. The smallest absolute Gasteiger partial charge is 0.191 e. The average Bonchev–Trinajstić information content (AvgIpc) is 3.13. The summed E-state index contributed by atoms with van der Waals surface area (Å²) >= 11 is 14.1. The van der Waals surface area contributed by atoms with Gasteiger partial charge in [-0.05, 0) is 36.1 Å². The molecule has 4 rings (SSSR count). The summed E-state index contributed by atoms with van der Waals surface area (Å²) in [7, 11) is 0. The molecule has 2 heterocycles. The number of halogens is 2. The average molecular weight is 430 g/mol. The molecule has 1 unspecified atom stereocenters. The molecule has 142 valence electrons. The lowest BCUT2D eigenvalue weighted by atomic mass is 10.1. The maximum Gasteiger partial charge on any atom is 0.191 e. The third-order valence-corrected chi connectivity index (χ3v) is 5.45. The first-order valence-electron chi connectivity index (χ1n) is 8.63. The van der Waals surface area contributed by atoms with E-state index >= 15 is 0 Å². The van der Waals surface area contributed by atoms with Crippen LogP contribution in [0.25, 0.3) is 11.0 Å². The Kier molecular flexibility index (Phi) is 5.71. The van der Waals surface area contributed by atoms with Crippen molar-refractivity contribution in [3.63, 3.8) is 0 Å². The third-order valence-electron chi connectivity index (χ3n) is 4.26. The van der Waals surface area contributed by atoms with Crippen molar-refractivity contribution in [1.29, 1.82) is 0 Å². The van der Waals surface area contributed by atoms with E-state index in [1.807, 2.05) is 65.5 Å². The fraction of sp³-hybridized carbons (Fsp3) is 0.150. The van der Waals surface area contributed by atoms with Gasteiger partial charge in [-0.25, -0.2) is 14.6 Å². The lowest BCUT2D eigenvalue weighted by molar-refractivity contribution is 0.613. The molecule has 0 aliphatic rings. The largest absolute Gasteiger partial charge is 0.339 e. The standard InChI is InChI=1S/C20H17Cl2N5S/c1-28-20-25-18(24-15-9-7-14(21)8-10-15)16-11-23-27(19(16)26-20)12-17(22)13-5-3-2-4-6-13/h2-11,17H,12H2,1H3,(H,24,25,26). The number of anilines is 2. The van der Waals surface area contributed by atoms with Crippen LogP contribution in [-0.4, -0.2) is 26.0 Å². The number of nitrogens with zero attached hydrogens (tertiary/aromatic N) is 4. The summed E-state index contributed by atoms with van der Waals surface area (Å²) in [5.41, 5.74) is 2.69. The molecule has 1 atom stereocenters. The molecule has 5 nitrogen and oxygen atoms in total. The number of alkyl halides is 1. The summed E-state index contributed by atoms with van der Waals surface area (Å²) in [6, 6.07) is 17.4. The van der Waals surface area contributed by atoms with Gasteiger partial charge in [0.15, 0.2) is 10.8 Å². The van der Waals surface area contributed by atoms with Crippen molar-refractivity contribution < 1.29 is 0 Å². The Bertz CT molecular complexity index is 1080. The summed E-state index contributed by atoms with van der Waals surface area (Å²) in [5, 5.41) is 9.83. The van der Waals surface area contributed by atoms with Crippen molar-refractivity contribution in [2.24, 2.45) is 0 Å². The normalized spacial score (nSPS) is 12.2. The lowest BCUT2D eigenvalue weighted by Crippen LogP contribution is -2.07. The molecule has 1 N–H and O–H groups in total. The fourth-order valence-electron chi connectivity index (χ4n) is 2.84. The Balaban J connectivity index is 1.69. The summed E-state index contributed by atoms with van der Waals surface area (Å²) in [4.78, 5) is 9.26. The number of nitrogens with one attached hydrogen (secondary N) is 1. The first-order chi connectivity index (χ1) is 13.6. The zero-order valence-electron chi connectivity index (χ0n) is 15.0. The molecule has 0 bridgehead atoms. The molecule has 0 saturated heterocycles. The van der Waals surface area contributed by atoms with Crippen LogP contribution >= 0.6 is 35.0 Å². The summed E-state index contributed by atoms with van der Waals surface area (Å²) < 4.78 is 1.83. The molecule has 0 spiro atoms. The van der Waals surface area contributed by atoms with E-state index in [0.717, 1.165) is 22.3 Å². The molecule has 2 aromatic heterocycles. The fourth-order valence-corrected chi connectivity index (χ4v) is 3.61. The van der Waals surface area contributed by atoms with E-state index in [4.69, 9.17) is 23.2 Å². The molecule has 0 aliphatic carbocycles. The van der Waals surface area contributed by atoms with Gasteiger partial charge in [-0.3, -0.25) is 0 Å². The van der Waals surface area contributed by atoms with Crippen LogP contribution in [0.4, 0.5) is 11.5 Å². The maximum atomic E-state index is 6.62. The van der Waals surface area contributed by atoms with Crippen molar-refractivity contribution in [3.05, 3.63) is 71.4 Å². The SMILES string of the molecule is CSc1nc(Nc2ccc(Cl)cc2)c2cnn(CC(Cl)c3ccccc3)c2n1. The number of hydrogen-bond donors (Lipinski definition) is 1. The van der Waals surface area contributed by atoms with Crippen molar-refractivity contribution in [3.8, 4) is 0 Å². The third kappa shape index (κ3) is 4.09. The molecule has 8 heteroatoms.